The van der Waals surface area contributed by atoms with Crippen molar-refractivity contribution >= 4 is 43.7 Å². The molecule has 1 amide bonds. The molecule has 0 fully saturated rings. The molecule has 0 heterocycles. The van der Waals surface area contributed by atoms with Crippen LogP contribution in [0.5, 0.6) is 5.75 Å². The molecule has 0 saturated carbocycles. The van der Waals surface area contributed by atoms with E-state index in [1.165, 1.54) is 54.6 Å². The van der Waals surface area contributed by atoms with Gasteiger partial charge in [-0.25, -0.2) is 4.39 Å². The Balaban J connectivity index is 1.81. The highest BCUT2D eigenvalue weighted by molar-refractivity contribution is 9.10. The number of nitriles is 1. The third-order valence-corrected chi connectivity index (χ3v) is 6.13. The molecule has 0 saturated heterocycles. The zero-order chi connectivity index (χ0) is 23.3. The number of hydrogen-bond donors (Lipinski definition) is 1. The van der Waals surface area contributed by atoms with Gasteiger partial charge in [0, 0.05) is 0 Å². The second kappa shape index (κ2) is 9.77. The van der Waals surface area contributed by atoms with Crippen molar-refractivity contribution in [3.63, 3.8) is 0 Å². The second-order valence-corrected chi connectivity index (χ2v) is 9.04. The Hall–Kier alpha value is -3.48. The van der Waals surface area contributed by atoms with Gasteiger partial charge in [0.2, 0.25) is 0 Å². The first-order valence-corrected chi connectivity index (χ1v) is 11.4. The van der Waals surface area contributed by atoms with Gasteiger partial charge in [-0.1, -0.05) is 35.9 Å². The van der Waals surface area contributed by atoms with Gasteiger partial charge in [-0.2, -0.15) is 13.7 Å². The maximum atomic E-state index is 13.7. The van der Waals surface area contributed by atoms with E-state index < -0.39 is 21.8 Å². The number of aryl methyl sites for hydroxylation is 1. The van der Waals surface area contributed by atoms with Gasteiger partial charge in [-0.3, -0.25) is 4.79 Å². The van der Waals surface area contributed by atoms with Gasteiger partial charge in [0.15, 0.2) is 5.75 Å². The predicted octanol–water partition coefficient (Wildman–Crippen LogP) is 5.21. The topological polar surface area (TPSA) is 96.3 Å². The quantitative estimate of drug-likeness (QED) is 0.276. The number of benzene rings is 3. The highest BCUT2D eigenvalue weighted by Gasteiger charge is 2.18. The summed E-state index contributed by atoms with van der Waals surface area (Å²) in [5.41, 5.74) is 1.02. The second-order valence-electron chi connectivity index (χ2n) is 6.64. The molecule has 3 rings (SSSR count). The van der Waals surface area contributed by atoms with Crippen LogP contribution in [0, 0.1) is 24.1 Å². The Bertz CT molecular complexity index is 1350. The summed E-state index contributed by atoms with van der Waals surface area (Å²) < 4.78 is 44.2. The van der Waals surface area contributed by atoms with Gasteiger partial charge in [0.1, 0.15) is 22.4 Å². The summed E-state index contributed by atoms with van der Waals surface area (Å²) in [5, 5.41) is 11.7. The average molecular weight is 515 g/mol. The van der Waals surface area contributed by atoms with Crippen LogP contribution < -0.4 is 9.50 Å². The number of nitrogens with zero attached hydrogens (tertiary/aromatic N) is 1. The summed E-state index contributed by atoms with van der Waals surface area (Å²) in [6.45, 7) is 1.84. The van der Waals surface area contributed by atoms with Gasteiger partial charge >= 0.3 is 10.1 Å². The molecule has 0 aliphatic rings. The third kappa shape index (κ3) is 5.60. The van der Waals surface area contributed by atoms with E-state index in [-0.39, 0.29) is 21.9 Å². The predicted molar refractivity (Wildman–Crippen MR) is 122 cm³/mol. The van der Waals surface area contributed by atoms with E-state index in [0.717, 1.165) is 5.56 Å². The number of hydrogen-bond acceptors (Lipinski definition) is 5. The zero-order valence-corrected chi connectivity index (χ0v) is 19.1. The highest BCUT2D eigenvalue weighted by atomic mass is 79.9. The molecular formula is C23H16BrFN2O4S. The van der Waals surface area contributed by atoms with Crippen LogP contribution in [-0.2, 0) is 14.9 Å². The van der Waals surface area contributed by atoms with E-state index >= 15 is 0 Å². The number of anilines is 1. The normalized spacial score (nSPS) is 11.5. The zero-order valence-electron chi connectivity index (χ0n) is 16.7. The van der Waals surface area contributed by atoms with Gasteiger partial charge in [-0.05, 0) is 70.9 Å². The van der Waals surface area contributed by atoms with Crippen molar-refractivity contribution in [2.75, 3.05) is 5.32 Å². The van der Waals surface area contributed by atoms with E-state index in [4.69, 9.17) is 4.18 Å². The van der Waals surface area contributed by atoms with Crippen LogP contribution in [0.25, 0.3) is 6.08 Å². The van der Waals surface area contributed by atoms with Crippen molar-refractivity contribution in [1.29, 1.82) is 5.26 Å². The number of para-hydroxylation sites is 1. The maximum absolute atomic E-state index is 13.7. The molecule has 0 aliphatic carbocycles. The SMILES string of the molecule is Cc1ccc(S(=O)(=O)Oc2ccc(/C=C(\C#N)C(=O)Nc3ccccc3F)cc2Br)cc1. The number of halogens is 2. The lowest BCUT2D eigenvalue weighted by atomic mass is 10.1. The van der Waals surface area contributed by atoms with Crippen molar-refractivity contribution in [3.8, 4) is 11.8 Å². The fourth-order valence-corrected chi connectivity index (χ4v) is 4.15. The van der Waals surface area contributed by atoms with E-state index in [2.05, 4.69) is 21.2 Å². The smallest absolute Gasteiger partial charge is 0.339 e. The molecular weight excluding hydrogens is 499 g/mol. The average Bonchev–Trinajstić information content (AvgIpc) is 2.75. The minimum atomic E-state index is -4.04. The van der Waals surface area contributed by atoms with Crippen LogP contribution in [-0.4, -0.2) is 14.3 Å². The molecule has 9 heteroatoms. The van der Waals surface area contributed by atoms with E-state index in [0.29, 0.717) is 10.0 Å². The van der Waals surface area contributed by atoms with Crippen LogP contribution in [0.1, 0.15) is 11.1 Å². The number of rotatable bonds is 6. The third-order valence-electron chi connectivity index (χ3n) is 4.26. The number of carbonyl (C=O) groups excluding carboxylic acids is 1. The minimum absolute atomic E-state index is 0.00977. The van der Waals surface area contributed by atoms with Crippen molar-refractivity contribution in [3.05, 3.63) is 93.7 Å². The van der Waals surface area contributed by atoms with Crippen LogP contribution in [0.4, 0.5) is 10.1 Å². The molecule has 0 atom stereocenters. The van der Waals surface area contributed by atoms with Gasteiger partial charge in [0.25, 0.3) is 5.91 Å². The van der Waals surface area contributed by atoms with E-state index in [1.807, 2.05) is 6.92 Å². The summed E-state index contributed by atoms with van der Waals surface area (Å²) in [5.74, 6) is -1.37. The monoisotopic (exact) mass is 514 g/mol. The van der Waals surface area contributed by atoms with Gasteiger partial charge < -0.3 is 9.50 Å². The van der Waals surface area contributed by atoms with Crippen molar-refractivity contribution < 1.29 is 21.8 Å². The molecule has 3 aromatic rings. The maximum Gasteiger partial charge on any atom is 0.339 e. The first-order valence-electron chi connectivity index (χ1n) is 9.18. The van der Waals surface area contributed by atoms with Crippen LogP contribution >= 0.6 is 15.9 Å². The highest BCUT2D eigenvalue weighted by Crippen LogP contribution is 2.30. The first kappa shape index (κ1) is 23.2. The van der Waals surface area contributed by atoms with E-state index in [1.54, 1.807) is 24.3 Å². The fraction of sp³-hybridized carbons (Fsp3) is 0.0435. The molecule has 0 unspecified atom stereocenters. The Kier molecular flexibility index (Phi) is 7.08. The largest absolute Gasteiger partial charge is 0.378 e. The van der Waals surface area contributed by atoms with Crippen LogP contribution in [0.15, 0.2) is 81.7 Å². The first-order chi connectivity index (χ1) is 15.2. The molecule has 6 nitrogen and oxygen atoms in total. The number of carbonyl (C=O) groups is 1. The lowest BCUT2D eigenvalue weighted by molar-refractivity contribution is -0.112. The molecule has 162 valence electrons. The van der Waals surface area contributed by atoms with Crippen molar-refractivity contribution in [1.82, 2.24) is 0 Å². The van der Waals surface area contributed by atoms with Gasteiger partial charge in [-0.15, -0.1) is 0 Å². The number of amides is 1. The summed E-state index contributed by atoms with van der Waals surface area (Å²) in [7, 11) is -4.04. The summed E-state index contributed by atoms with van der Waals surface area (Å²) in [6, 6.07) is 18.0. The molecule has 0 aliphatic heterocycles. The van der Waals surface area contributed by atoms with Crippen molar-refractivity contribution in [2.45, 2.75) is 11.8 Å². The Morgan fingerprint density at radius 2 is 1.81 bits per heavy atom. The summed E-state index contributed by atoms with van der Waals surface area (Å²) >= 11 is 3.24. The molecule has 0 spiro atoms. The molecule has 1 N–H and O–H groups in total. The van der Waals surface area contributed by atoms with Crippen LogP contribution in [0.2, 0.25) is 0 Å². The fourth-order valence-electron chi connectivity index (χ4n) is 2.61. The Labute approximate surface area is 193 Å². The molecule has 0 bridgehead atoms. The Morgan fingerprint density at radius 1 is 1.12 bits per heavy atom. The lowest BCUT2D eigenvalue weighted by Gasteiger charge is -2.10. The summed E-state index contributed by atoms with van der Waals surface area (Å²) in [6.07, 6.45) is 1.29. The summed E-state index contributed by atoms with van der Waals surface area (Å²) in [4.78, 5) is 12.3. The lowest BCUT2D eigenvalue weighted by Crippen LogP contribution is -2.14. The minimum Gasteiger partial charge on any atom is -0.378 e. The molecule has 0 radical (unpaired) electrons. The van der Waals surface area contributed by atoms with E-state index in [9.17, 15) is 22.9 Å². The molecule has 0 aromatic heterocycles. The standard InChI is InChI=1S/C23H16BrFN2O4S/c1-15-6-9-18(10-7-15)32(29,30)31-22-11-8-16(13-19(22)24)12-17(14-26)23(28)27-21-5-3-2-4-20(21)25/h2-13H,1H3,(H,27,28)/b17-12+. The Morgan fingerprint density at radius 3 is 2.44 bits per heavy atom. The molecule has 3 aromatic carbocycles. The van der Waals surface area contributed by atoms with Crippen molar-refractivity contribution in [2.24, 2.45) is 0 Å². The van der Waals surface area contributed by atoms with Crippen LogP contribution in [0.3, 0.4) is 0 Å². The molecule has 32 heavy (non-hydrogen) atoms. The number of nitrogens with one attached hydrogen (secondary N) is 1. The van der Waals surface area contributed by atoms with Gasteiger partial charge in [0.05, 0.1) is 10.2 Å².